The highest BCUT2D eigenvalue weighted by molar-refractivity contribution is 7.15. The Morgan fingerprint density at radius 1 is 1.38 bits per heavy atom. The summed E-state index contributed by atoms with van der Waals surface area (Å²) in [6, 6.07) is 9.36. The molecular weight excluding hydrogens is 328 g/mol. The monoisotopic (exact) mass is 346 g/mol. The van der Waals surface area contributed by atoms with Crippen molar-refractivity contribution in [2.24, 2.45) is 5.92 Å². The van der Waals surface area contributed by atoms with Crippen LogP contribution in [-0.4, -0.2) is 35.2 Å². The zero-order valence-electron chi connectivity index (χ0n) is 13.3. The van der Waals surface area contributed by atoms with Crippen molar-refractivity contribution in [2.45, 2.75) is 20.0 Å². The van der Waals surface area contributed by atoms with Crippen LogP contribution < -0.4 is 10.2 Å². The molecular formula is C16H18N4O3S. The van der Waals surface area contributed by atoms with Crippen molar-refractivity contribution in [1.82, 2.24) is 10.2 Å². The fourth-order valence-corrected chi connectivity index (χ4v) is 3.18. The van der Waals surface area contributed by atoms with Gasteiger partial charge < -0.3 is 15.0 Å². The molecule has 0 aliphatic carbocycles. The molecule has 1 N–H and O–H groups in total. The van der Waals surface area contributed by atoms with Crippen LogP contribution in [0.2, 0.25) is 0 Å². The van der Waals surface area contributed by atoms with Gasteiger partial charge in [-0.2, -0.15) is 0 Å². The number of aromatic nitrogens is 2. The van der Waals surface area contributed by atoms with E-state index in [0.29, 0.717) is 29.9 Å². The van der Waals surface area contributed by atoms with Crippen LogP contribution in [0.15, 0.2) is 30.3 Å². The Hall–Kier alpha value is -2.32. The number of rotatable bonds is 6. The van der Waals surface area contributed by atoms with E-state index in [1.54, 1.807) is 4.90 Å². The number of benzene rings is 1. The third-order valence-electron chi connectivity index (χ3n) is 3.69. The van der Waals surface area contributed by atoms with Crippen molar-refractivity contribution in [3.63, 3.8) is 0 Å². The summed E-state index contributed by atoms with van der Waals surface area (Å²) in [5, 5.41) is 11.8. The lowest BCUT2D eigenvalue weighted by molar-refractivity contribution is -0.122. The van der Waals surface area contributed by atoms with E-state index in [-0.39, 0.29) is 18.2 Å². The predicted molar refractivity (Wildman–Crippen MR) is 90.8 cm³/mol. The van der Waals surface area contributed by atoms with Gasteiger partial charge in [-0.3, -0.25) is 9.59 Å². The topological polar surface area (TPSA) is 84.4 Å². The Labute approximate surface area is 143 Å². The molecule has 24 heavy (non-hydrogen) atoms. The van der Waals surface area contributed by atoms with Crippen LogP contribution in [0.5, 0.6) is 0 Å². The molecule has 8 heteroatoms. The van der Waals surface area contributed by atoms with E-state index < -0.39 is 5.92 Å². The number of hydrogen-bond donors (Lipinski definition) is 1. The number of nitrogens with zero attached hydrogens (tertiary/aromatic N) is 3. The van der Waals surface area contributed by atoms with E-state index >= 15 is 0 Å². The summed E-state index contributed by atoms with van der Waals surface area (Å²) in [6.07, 6.45) is 0.200. The van der Waals surface area contributed by atoms with Crippen molar-refractivity contribution in [2.75, 3.05) is 23.4 Å². The summed E-state index contributed by atoms with van der Waals surface area (Å²) in [7, 11) is 0. The van der Waals surface area contributed by atoms with Gasteiger partial charge in [0.1, 0.15) is 11.6 Å². The second-order valence-corrected chi connectivity index (χ2v) is 6.43. The highest BCUT2D eigenvalue weighted by atomic mass is 32.1. The summed E-state index contributed by atoms with van der Waals surface area (Å²) in [4.78, 5) is 26.2. The maximum Gasteiger partial charge on any atom is 0.231 e. The van der Waals surface area contributed by atoms with Crippen LogP contribution in [0.1, 0.15) is 18.4 Å². The summed E-state index contributed by atoms with van der Waals surface area (Å²) in [6.45, 7) is 3.26. The number of hydrogen-bond acceptors (Lipinski definition) is 6. The minimum atomic E-state index is -0.392. The number of amides is 2. The molecule has 1 atom stereocenters. The lowest BCUT2D eigenvalue weighted by Gasteiger charge is -2.16. The molecule has 3 rings (SSSR count). The van der Waals surface area contributed by atoms with E-state index in [1.807, 2.05) is 37.3 Å². The van der Waals surface area contributed by atoms with E-state index in [9.17, 15) is 9.59 Å². The second-order valence-electron chi connectivity index (χ2n) is 5.37. The van der Waals surface area contributed by atoms with Gasteiger partial charge in [0.2, 0.25) is 16.9 Å². The average Bonchev–Trinajstić information content (AvgIpc) is 3.20. The number of anilines is 2. The van der Waals surface area contributed by atoms with Crippen molar-refractivity contribution in [3.8, 4) is 0 Å². The fourth-order valence-electron chi connectivity index (χ4n) is 2.50. The van der Waals surface area contributed by atoms with Crippen molar-refractivity contribution in [3.05, 3.63) is 35.3 Å². The van der Waals surface area contributed by atoms with Crippen LogP contribution in [0.3, 0.4) is 0 Å². The zero-order chi connectivity index (χ0) is 16.9. The van der Waals surface area contributed by atoms with Crippen LogP contribution >= 0.6 is 11.3 Å². The van der Waals surface area contributed by atoms with Crippen LogP contribution in [0.25, 0.3) is 0 Å². The molecule has 0 spiro atoms. The minimum Gasteiger partial charge on any atom is -0.374 e. The van der Waals surface area contributed by atoms with Crippen LogP contribution in [-0.2, 0) is 20.9 Å². The van der Waals surface area contributed by atoms with Gasteiger partial charge in [0.25, 0.3) is 0 Å². The van der Waals surface area contributed by atoms with Gasteiger partial charge >= 0.3 is 0 Å². The molecule has 2 amide bonds. The lowest BCUT2D eigenvalue weighted by atomic mass is 10.1. The molecule has 1 fully saturated rings. The number of nitrogens with one attached hydrogen (secondary N) is 1. The first-order valence-corrected chi connectivity index (χ1v) is 8.55. The molecule has 0 saturated carbocycles. The Kier molecular flexibility index (Phi) is 5.17. The molecule has 1 saturated heterocycles. The van der Waals surface area contributed by atoms with Gasteiger partial charge in [0.05, 0.1) is 5.92 Å². The molecule has 1 aliphatic heterocycles. The molecule has 7 nitrogen and oxygen atoms in total. The molecule has 2 heterocycles. The molecule has 0 bridgehead atoms. The predicted octanol–water partition coefficient (Wildman–Crippen LogP) is 2.07. The SMILES string of the molecule is CCOCc1nnc(NC(=O)C2CC(=O)N(c3ccccc3)C2)s1. The smallest absolute Gasteiger partial charge is 0.231 e. The van der Waals surface area contributed by atoms with Crippen LogP contribution in [0, 0.1) is 5.92 Å². The maximum atomic E-state index is 12.4. The van der Waals surface area contributed by atoms with E-state index in [4.69, 9.17) is 4.74 Å². The summed E-state index contributed by atoms with van der Waals surface area (Å²) < 4.78 is 5.26. The van der Waals surface area contributed by atoms with E-state index in [0.717, 1.165) is 5.69 Å². The van der Waals surface area contributed by atoms with E-state index in [2.05, 4.69) is 15.5 Å². The third kappa shape index (κ3) is 3.77. The molecule has 2 aromatic rings. The highest BCUT2D eigenvalue weighted by Gasteiger charge is 2.35. The molecule has 0 radical (unpaired) electrons. The fraction of sp³-hybridized carbons (Fsp3) is 0.375. The average molecular weight is 346 g/mol. The lowest BCUT2D eigenvalue weighted by Crippen LogP contribution is -2.28. The van der Waals surface area contributed by atoms with Gasteiger partial charge in [-0.05, 0) is 19.1 Å². The summed E-state index contributed by atoms with van der Waals surface area (Å²) >= 11 is 1.28. The summed E-state index contributed by atoms with van der Waals surface area (Å²) in [5.74, 6) is -0.645. The van der Waals surface area contributed by atoms with Gasteiger partial charge in [0, 0.05) is 25.3 Å². The van der Waals surface area contributed by atoms with Gasteiger partial charge in [-0.1, -0.05) is 29.5 Å². The first kappa shape index (κ1) is 16.5. The standard InChI is InChI=1S/C16H18N4O3S/c1-2-23-10-13-18-19-16(24-13)17-15(22)11-8-14(21)20(9-11)12-6-4-3-5-7-12/h3-7,11H,2,8-10H2,1H3,(H,17,19,22). The van der Waals surface area contributed by atoms with Gasteiger partial charge in [-0.25, -0.2) is 0 Å². The molecule has 1 unspecified atom stereocenters. The van der Waals surface area contributed by atoms with Gasteiger partial charge in [-0.15, -0.1) is 10.2 Å². The van der Waals surface area contributed by atoms with Crippen LogP contribution in [0.4, 0.5) is 10.8 Å². The molecule has 126 valence electrons. The Morgan fingerprint density at radius 3 is 2.92 bits per heavy atom. The zero-order valence-corrected chi connectivity index (χ0v) is 14.1. The number of carbonyl (C=O) groups excluding carboxylic acids is 2. The number of ether oxygens (including phenoxy) is 1. The summed E-state index contributed by atoms with van der Waals surface area (Å²) in [5.41, 5.74) is 0.813. The van der Waals surface area contributed by atoms with Crippen molar-refractivity contribution >= 4 is 34.0 Å². The first-order valence-electron chi connectivity index (χ1n) is 7.73. The maximum absolute atomic E-state index is 12.4. The second kappa shape index (κ2) is 7.50. The quantitative estimate of drug-likeness (QED) is 0.865. The molecule has 1 aromatic carbocycles. The first-order chi connectivity index (χ1) is 11.7. The Bertz CT molecular complexity index is 719. The highest BCUT2D eigenvalue weighted by Crippen LogP contribution is 2.26. The largest absolute Gasteiger partial charge is 0.374 e. The minimum absolute atomic E-state index is 0.0457. The third-order valence-corrected chi connectivity index (χ3v) is 4.50. The van der Waals surface area contributed by atoms with Crippen molar-refractivity contribution in [1.29, 1.82) is 0 Å². The molecule has 1 aliphatic rings. The van der Waals surface area contributed by atoms with Crippen molar-refractivity contribution < 1.29 is 14.3 Å². The number of carbonyl (C=O) groups is 2. The Morgan fingerprint density at radius 2 is 2.17 bits per heavy atom. The van der Waals surface area contributed by atoms with E-state index in [1.165, 1.54) is 11.3 Å². The Balaban J connectivity index is 1.60. The number of para-hydroxylation sites is 1. The van der Waals surface area contributed by atoms with Gasteiger partial charge in [0.15, 0.2) is 0 Å². The molecule has 1 aromatic heterocycles. The normalized spacial score (nSPS) is 17.3.